The van der Waals surface area contributed by atoms with E-state index >= 15 is 0 Å². The topological polar surface area (TPSA) is 116 Å². The van der Waals surface area contributed by atoms with Crippen molar-refractivity contribution in [2.24, 2.45) is 0 Å². The molecule has 3 N–H and O–H groups in total. The summed E-state index contributed by atoms with van der Waals surface area (Å²) in [6.45, 7) is 6.20. The molecule has 0 spiro atoms. The van der Waals surface area contributed by atoms with Gasteiger partial charge in [0.05, 0.1) is 21.1 Å². The van der Waals surface area contributed by atoms with Crippen molar-refractivity contribution < 1.29 is 8.42 Å². The lowest BCUT2D eigenvalue weighted by Crippen LogP contribution is -2.16. The summed E-state index contributed by atoms with van der Waals surface area (Å²) < 4.78 is 30.4. The summed E-state index contributed by atoms with van der Waals surface area (Å²) in [6.07, 6.45) is 2.94. The molecule has 8 nitrogen and oxygen atoms in total. The first-order valence-electron chi connectivity index (χ1n) is 9.43. The van der Waals surface area contributed by atoms with Crippen molar-refractivity contribution in [3.8, 4) is 5.82 Å². The number of hydrogen-bond acceptors (Lipinski definition) is 6. The highest BCUT2D eigenvalue weighted by Gasteiger charge is 2.21. The van der Waals surface area contributed by atoms with E-state index in [4.69, 9.17) is 17.3 Å². The molecular weight excluding hydrogens is 436 g/mol. The Morgan fingerprint density at radius 3 is 2.45 bits per heavy atom. The minimum Gasteiger partial charge on any atom is -0.384 e. The van der Waals surface area contributed by atoms with Gasteiger partial charge < -0.3 is 5.73 Å². The summed E-state index contributed by atoms with van der Waals surface area (Å²) in [5, 5.41) is 0.288. The van der Waals surface area contributed by atoms with Crippen molar-refractivity contribution in [3.05, 3.63) is 65.6 Å². The zero-order chi connectivity index (χ0) is 22.4. The van der Waals surface area contributed by atoms with Crippen LogP contribution in [0.5, 0.6) is 0 Å². The second-order valence-electron chi connectivity index (χ2n) is 8.10. The van der Waals surface area contributed by atoms with Crippen LogP contribution in [0.15, 0.2) is 59.9 Å². The molecule has 0 atom stereocenters. The third-order valence-corrected chi connectivity index (χ3v) is 6.36. The van der Waals surface area contributed by atoms with E-state index in [-0.39, 0.29) is 21.0 Å². The largest absolute Gasteiger partial charge is 0.384 e. The maximum atomic E-state index is 13.1. The number of pyridine rings is 2. The van der Waals surface area contributed by atoms with Gasteiger partial charge >= 0.3 is 0 Å². The van der Waals surface area contributed by atoms with E-state index in [0.29, 0.717) is 22.8 Å². The fourth-order valence-electron chi connectivity index (χ4n) is 3.12. The molecule has 0 radical (unpaired) electrons. The lowest BCUT2D eigenvalue weighted by molar-refractivity contribution is 0.587. The molecule has 4 aromatic rings. The van der Waals surface area contributed by atoms with Crippen molar-refractivity contribution in [1.82, 2.24) is 19.5 Å². The lowest BCUT2D eigenvalue weighted by atomic mass is 9.87. The van der Waals surface area contributed by atoms with E-state index in [9.17, 15) is 8.42 Å². The van der Waals surface area contributed by atoms with Crippen LogP contribution in [0.1, 0.15) is 26.3 Å². The SMILES string of the molecule is CC(C)(C)c1ccc(S(=O)(=O)Nc2cc(Cl)cnc2-n2cnc3nc(N)ccc32)cc1. The Balaban J connectivity index is 1.76. The van der Waals surface area contributed by atoms with E-state index in [2.05, 4.69) is 40.4 Å². The van der Waals surface area contributed by atoms with E-state index < -0.39 is 10.0 Å². The van der Waals surface area contributed by atoms with Gasteiger partial charge in [-0.1, -0.05) is 44.5 Å². The number of nitrogens with one attached hydrogen (secondary N) is 1. The normalized spacial score (nSPS) is 12.3. The van der Waals surface area contributed by atoms with Crippen molar-refractivity contribution in [2.75, 3.05) is 10.5 Å². The van der Waals surface area contributed by atoms with E-state index in [1.165, 1.54) is 18.6 Å². The van der Waals surface area contributed by atoms with Gasteiger partial charge in [-0.05, 0) is 41.3 Å². The van der Waals surface area contributed by atoms with Crippen LogP contribution in [0.4, 0.5) is 11.5 Å². The number of imidazole rings is 1. The van der Waals surface area contributed by atoms with Crippen LogP contribution in [0.25, 0.3) is 17.0 Å². The van der Waals surface area contributed by atoms with Crippen molar-refractivity contribution in [1.29, 1.82) is 0 Å². The first-order valence-corrected chi connectivity index (χ1v) is 11.3. The maximum Gasteiger partial charge on any atom is 0.262 e. The molecule has 3 aromatic heterocycles. The van der Waals surface area contributed by atoms with Crippen LogP contribution >= 0.6 is 11.6 Å². The van der Waals surface area contributed by atoms with Crippen molar-refractivity contribution in [3.63, 3.8) is 0 Å². The summed E-state index contributed by atoms with van der Waals surface area (Å²) >= 11 is 6.11. The van der Waals surface area contributed by atoms with Gasteiger partial charge in [-0.2, -0.15) is 0 Å². The highest BCUT2D eigenvalue weighted by molar-refractivity contribution is 7.92. The molecule has 31 heavy (non-hydrogen) atoms. The number of nitrogens with zero attached hydrogens (tertiary/aromatic N) is 4. The number of aromatic nitrogens is 4. The van der Waals surface area contributed by atoms with Crippen LogP contribution in [-0.2, 0) is 15.4 Å². The minimum absolute atomic E-state index is 0.0837. The minimum atomic E-state index is -3.88. The summed E-state index contributed by atoms with van der Waals surface area (Å²) in [6, 6.07) is 11.7. The quantitative estimate of drug-likeness (QED) is 0.476. The molecule has 0 amide bonds. The third-order valence-electron chi connectivity index (χ3n) is 4.77. The number of fused-ring (bicyclic) bond motifs is 1. The average molecular weight is 457 g/mol. The second kappa shape index (κ2) is 7.51. The molecule has 4 rings (SSSR count). The molecule has 0 aliphatic carbocycles. The number of sulfonamides is 1. The van der Waals surface area contributed by atoms with Gasteiger partial charge in [-0.15, -0.1) is 0 Å². The first kappa shape index (κ1) is 21.1. The van der Waals surface area contributed by atoms with Crippen LogP contribution in [0, 0.1) is 0 Å². The predicted molar refractivity (Wildman–Crippen MR) is 122 cm³/mol. The van der Waals surface area contributed by atoms with E-state index in [1.807, 2.05) is 12.1 Å². The van der Waals surface area contributed by atoms with Crippen molar-refractivity contribution >= 4 is 44.3 Å². The number of benzene rings is 1. The molecule has 0 unspecified atom stereocenters. The van der Waals surface area contributed by atoms with Gasteiger partial charge in [0.25, 0.3) is 10.0 Å². The zero-order valence-corrected chi connectivity index (χ0v) is 18.7. The van der Waals surface area contributed by atoms with E-state index in [1.54, 1.807) is 28.8 Å². The molecule has 0 aliphatic heterocycles. The number of rotatable bonds is 4. The number of hydrogen-bond donors (Lipinski definition) is 2. The summed E-state index contributed by atoms with van der Waals surface area (Å²) in [7, 11) is -3.88. The van der Waals surface area contributed by atoms with Gasteiger partial charge in [-0.3, -0.25) is 9.29 Å². The molecule has 0 aliphatic rings. The zero-order valence-electron chi connectivity index (χ0n) is 17.2. The maximum absolute atomic E-state index is 13.1. The molecule has 3 heterocycles. The highest BCUT2D eigenvalue weighted by atomic mass is 35.5. The van der Waals surface area contributed by atoms with Crippen molar-refractivity contribution in [2.45, 2.75) is 31.1 Å². The number of halogens is 1. The lowest BCUT2D eigenvalue weighted by Gasteiger charge is -2.19. The monoisotopic (exact) mass is 456 g/mol. The Kier molecular flexibility index (Phi) is 5.10. The number of nitrogen functional groups attached to an aromatic ring is 1. The fourth-order valence-corrected chi connectivity index (χ4v) is 4.33. The molecule has 160 valence electrons. The predicted octanol–water partition coefficient (Wildman–Crippen LogP) is 4.15. The van der Waals surface area contributed by atoms with Gasteiger partial charge in [0.15, 0.2) is 11.5 Å². The standard InChI is InChI=1S/C21H21ClN6O2S/c1-21(2,3)13-4-6-15(7-5-13)31(29,30)27-16-10-14(22)11-24-20(16)28-12-25-19-17(28)8-9-18(23)26-19/h4-12,27H,1-3H3,(H2,23,26). The summed E-state index contributed by atoms with van der Waals surface area (Å²) in [5.74, 6) is 0.648. The Morgan fingerprint density at radius 1 is 1.06 bits per heavy atom. The molecule has 1 aromatic carbocycles. The molecule has 0 bridgehead atoms. The highest BCUT2D eigenvalue weighted by Crippen LogP contribution is 2.28. The smallest absolute Gasteiger partial charge is 0.262 e. The third kappa shape index (κ3) is 4.19. The molecule has 0 saturated heterocycles. The van der Waals surface area contributed by atoms with Crippen LogP contribution in [-0.4, -0.2) is 27.9 Å². The first-order chi connectivity index (χ1) is 14.5. The Bertz CT molecular complexity index is 1380. The molecule has 0 saturated carbocycles. The molecule has 0 fully saturated rings. The van der Waals surface area contributed by atoms with Gasteiger partial charge in [0.1, 0.15) is 12.1 Å². The average Bonchev–Trinajstić information content (AvgIpc) is 3.10. The summed E-state index contributed by atoms with van der Waals surface area (Å²) in [4.78, 5) is 12.9. The van der Waals surface area contributed by atoms with Crippen LogP contribution < -0.4 is 10.5 Å². The van der Waals surface area contributed by atoms with Crippen LogP contribution in [0.3, 0.4) is 0 Å². The fraction of sp³-hybridized carbons (Fsp3) is 0.190. The molecule has 10 heteroatoms. The number of anilines is 2. The number of nitrogens with two attached hydrogens (primary N) is 1. The van der Waals surface area contributed by atoms with Gasteiger partial charge in [0.2, 0.25) is 0 Å². The second-order valence-corrected chi connectivity index (χ2v) is 10.2. The van der Waals surface area contributed by atoms with Crippen LogP contribution in [0.2, 0.25) is 5.02 Å². The summed E-state index contributed by atoms with van der Waals surface area (Å²) in [5.41, 5.74) is 7.93. The Hall–Kier alpha value is -3.17. The van der Waals surface area contributed by atoms with Gasteiger partial charge in [-0.25, -0.2) is 23.4 Å². The van der Waals surface area contributed by atoms with E-state index in [0.717, 1.165) is 5.56 Å². The Labute approximate surface area is 185 Å². The Morgan fingerprint density at radius 2 is 1.77 bits per heavy atom. The molecular formula is C21H21ClN6O2S. The van der Waals surface area contributed by atoms with Gasteiger partial charge in [0, 0.05) is 6.20 Å².